The normalized spacial score (nSPS) is 13.7. The van der Waals surface area contributed by atoms with E-state index in [-0.39, 0.29) is 11.9 Å². The molecule has 5 N–H and O–H groups in total. The van der Waals surface area contributed by atoms with Crippen molar-refractivity contribution in [2.75, 3.05) is 32.8 Å². The standard InChI is InChI=1S/C33H32N6O2.2C2HF3O2/c34-21-23-6-8-26(9-7-23)31-27(24-4-2-1-3-5-24)20-28-29(38-31)12-15-36-32(28)33(40)37-22-30(25-10-13-35-14-11-25)39-16-18-41-19-17-39;2*3-2(4,5)1(6)7/h1-15,20,30H,16-19,21-22,34H2,(H,37,40);2*(H,6,7). The van der Waals surface area contributed by atoms with Gasteiger partial charge in [0.25, 0.3) is 5.91 Å². The summed E-state index contributed by atoms with van der Waals surface area (Å²) >= 11 is 0. The largest absolute Gasteiger partial charge is 0.490 e. The van der Waals surface area contributed by atoms with Gasteiger partial charge in [-0.3, -0.25) is 19.7 Å². The lowest BCUT2D eigenvalue weighted by atomic mass is 9.96. The van der Waals surface area contributed by atoms with Gasteiger partial charge in [-0.05, 0) is 41.0 Å². The SMILES string of the molecule is NCc1ccc(-c2nc3ccnc(C(=O)NCC(c4ccncc4)N4CCOCC4)c3cc2-c2ccccc2)cc1.O=C(O)C(F)(F)F.O=C(O)C(F)(F)F. The molecule has 3 aromatic heterocycles. The van der Waals surface area contributed by atoms with E-state index in [4.69, 9.17) is 35.3 Å². The zero-order chi connectivity index (χ0) is 40.2. The first-order valence-corrected chi connectivity index (χ1v) is 16.3. The van der Waals surface area contributed by atoms with Gasteiger partial charge in [-0.15, -0.1) is 0 Å². The Labute approximate surface area is 309 Å². The van der Waals surface area contributed by atoms with Gasteiger partial charge in [-0.1, -0.05) is 54.6 Å². The Morgan fingerprint density at radius 1 is 0.818 bits per heavy atom. The summed E-state index contributed by atoms with van der Waals surface area (Å²) in [6.45, 7) is 3.86. The van der Waals surface area contributed by atoms with E-state index in [1.165, 1.54) is 0 Å². The smallest absolute Gasteiger partial charge is 0.475 e. The molecule has 0 radical (unpaired) electrons. The van der Waals surface area contributed by atoms with Crippen LogP contribution >= 0.6 is 0 Å². The fourth-order valence-corrected chi connectivity index (χ4v) is 5.34. The average molecular weight is 773 g/mol. The summed E-state index contributed by atoms with van der Waals surface area (Å²) in [5.41, 5.74) is 12.8. The van der Waals surface area contributed by atoms with Crippen LogP contribution in [0.2, 0.25) is 0 Å². The molecule has 1 unspecified atom stereocenters. The molecule has 55 heavy (non-hydrogen) atoms. The second kappa shape index (κ2) is 18.9. The van der Waals surface area contributed by atoms with Crippen LogP contribution in [0.4, 0.5) is 26.3 Å². The molecule has 0 spiro atoms. The fourth-order valence-electron chi connectivity index (χ4n) is 5.34. The third-order valence-electron chi connectivity index (χ3n) is 8.02. The lowest BCUT2D eigenvalue weighted by Gasteiger charge is -2.34. The molecule has 0 aliphatic carbocycles. The van der Waals surface area contributed by atoms with Gasteiger partial charge >= 0.3 is 24.3 Å². The summed E-state index contributed by atoms with van der Waals surface area (Å²) in [7, 11) is 0. The summed E-state index contributed by atoms with van der Waals surface area (Å²) in [6.07, 6.45) is -4.94. The lowest BCUT2D eigenvalue weighted by molar-refractivity contribution is -0.193. The van der Waals surface area contributed by atoms with E-state index in [2.05, 4.69) is 32.3 Å². The number of fused-ring (bicyclic) bond motifs is 1. The van der Waals surface area contributed by atoms with Crippen LogP contribution in [0.25, 0.3) is 33.3 Å². The second-order valence-corrected chi connectivity index (χ2v) is 11.6. The third-order valence-corrected chi connectivity index (χ3v) is 8.02. The monoisotopic (exact) mass is 772 g/mol. The number of carboxylic acids is 2. The molecule has 12 nitrogen and oxygen atoms in total. The highest BCUT2D eigenvalue weighted by Crippen LogP contribution is 2.34. The number of benzene rings is 2. The maximum absolute atomic E-state index is 13.7. The van der Waals surface area contributed by atoms with Crippen molar-refractivity contribution in [3.8, 4) is 22.4 Å². The Kier molecular flexibility index (Phi) is 14.3. The van der Waals surface area contributed by atoms with E-state index in [0.29, 0.717) is 42.9 Å². The first-order valence-electron chi connectivity index (χ1n) is 16.3. The van der Waals surface area contributed by atoms with Crippen LogP contribution < -0.4 is 11.1 Å². The van der Waals surface area contributed by atoms with E-state index in [1.54, 1.807) is 18.6 Å². The molecule has 1 aliphatic heterocycles. The Bertz CT molecular complexity index is 2020. The number of aliphatic carboxylic acids is 2. The van der Waals surface area contributed by atoms with Crippen LogP contribution in [-0.2, 0) is 20.9 Å². The van der Waals surface area contributed by atoms with Crippen LogP contribution in [0, 0.1) is 0 Å². The molecule has 0 bridgehead atoms. The Morgan fingerprint density at radius 3 is 1.95 bits per heavy atom. The number of hydrogen-bond acceptors (Lipinski definition) is 9. The molecule has 1 saturated heterocycles. The van der Waals surface area contributed by atoms with Gasteiger partial charge in [-0.2, -0.15) is 26.3 Å². The van der Waals surface area contributed by atoms with Crippen molar-refractivity contribution in [3.63, 3.8) is 0 Å². The minimum Gasteiger partial charge on any atom is -0.475 e. The van der Waals surface area contributed by atoms with Gasteiger partial charge in [-0.25, -0.2) is 14.6 Å². The Hall–Kier alpha value is -5.98. The van der Waals surface area contributed by atoms with Crippen LogP contribution in [0.3, 0.4) is 0 Å². The molecular weight excluding hydrogens is 738 g/mol. The van der Waals surface area contributed by atoms with E-state index < -0.39 is 24.3 Å². The number of alkyl halides is 6. The summed E-state index contributed by atoms with van der Waals surface area (Å²) in [4.78, 5) is 47.6. The number of hydrogen-bond donors (Lipinski definition) is 4. The number of carboxylic acid groups (broad SMARTS) is 2. The number of nitrogens with two attached hydrogens (primary N) is 1. The maximum atomic E-state index is 13.7. The molecule has 0 saturated carbocycles. The van der Waals surface area contributed by atoms with Crippen molar-refractivity contribution in [1.82, 2.24) is 25.2 Å². The number of rotatable bonds is 8. The first kappa shape index (κ1) is 41.8. The van der Waals surface area contributed by atoms with E-state index in [1.807, 2.05) is 66.7 Å². The molecule has 6 rings (SSSR count). The number of halogens is 6. The molecule has 1 atom stereocenters. The van der Waals surface area contributed by atoms with Crippen molar-refractivity contribution in [1.29, 1.82) is 0 Å². The maximum Gasteiger partial charge on any atom is 0.490 e. The minimum absolute atomic E-state index is 0.00178. The molecule has 290 valence electrons. The summed E-state index contributed by atoms with van der Waals surface area (Å²) in [5, 5.41) is 18.1. The molecule has 5 aromatic rings. The van der Waals surface area contributed by atoms with Gasteiger partial charge in [0, 0.05) is 61.3 Å². The van der Waals surface area contributed by atoms with Gasteiger partial charge < -0.3 is 26.0 Å². The second-order valence-electron chi connectivity index (χ2n) is 11.6. The van der Waals surface area contributed by atoms with Crippen LogP contribution in [0.5, 0.6) is 0 Å². The summed E-state index contributed by atoms with van der Waals surface area (Å²) in [5.74, 6) is -5.75. The predicted molar refractivity (Wildman–Crippen MR) is 187 cm³/mol. The number of amides is 1. The van der Waals surface area contributed by atoms with Gasteiger partial charge in [0.15, 0.2) is 0 Å². The summed E-state index contributed by atoms with van der Waals surface area (Å²) < 4.78 is 69.0. The number of aromatic nitrogens is 3. The number of pyridine rings is 3. The lowest BCUT2D eigenvalue weighted by Crippen LogP contribution is -2.44. The van der Waals surface area contributed by atoms with E-state index in [0.717, 1.165) is 46.6 Å². The Morgan fingerprint density at radius 2 is 1.40 bits per heavy atom. The number of carbonyl (C=O) groups is 3. The summed E-state index contributed by atoms with van der Waals surface area (Å²) in [6, 6.07) is 26.1. The average Bonchev–Trinajstić information content (AvgIpc) is 3.18. The molecule has 1 amide bonds. The predicted octanol–water partition coefficient (Wildman–Crippen LogP) is 5.89. The molecule has 2 aromatic carbocycles. The van der Waals surface area contributed by atoms with Crippen molar-refractivity contribution in [3.05, 3.63) is 114 Å². The van der Waals surface area contributed by atoms with Crippen molar-refractivity contribution >= 4 is 28.7 Å². The highest BCUT2D eigenvalue weighted by atomic mass is 19.4. The highest BCUT2D eigenvalue weighted by Gasteiger charge is 2.39. The number of carbonyl (C=O) groups excluding carboxylic acids is 1. The molecular formula is C37H34F6N6O6. The van der Waals surface area contributed by atoms with Crippen LogP contribution in [0.15, 0.2) is 97.5 Å². The number of ether oxygens (including phenoxy) is 1. The zero-order valence-electron chi connectivity index (χ0n) is 28.7. The van der Waals surface area contributed by atoms with Gasteiger partial charge in [0.2, 0.25) is 0 Å². The van der Waals surface area contributed by atoms with Gasteiger partial charge in [0.05, 0.1) is 30.5 Å². The van der Waals surface area contributed by atoms with Crippen molar-refractivity contribution in [2.24, 2.45) is 5.73 Å². The molecule has 1 aliphatic rings. The topological polar surface area (TPSA) is 181 Å². The number of nitrogens with one attached hydrogen (secondary N) is 1. The molecule has 1 fully saturated rings. The third kappa shape index (κ3) is 11.8. The quantitative estimate of drug-likeness (QED) is 0.138. The highest BCUT2D eigenvalue weighted by molar-refractivity contribution is 6.06. The number of nitrogens with zero attached hydrogens (tertiary/aromatic N) is 4. The number of morpholine rings is 1. The van der Waals surface area contributed by atoms with E-state index >= 15 is 0 Å². The Balaban J connectivity index is 0.000000410. The van der Waals surface area contributed by atoms with Crippen molar-refractivity contribution in [2.45, 2.75) is 24.9 Å². The van der Waals surface area contributed by atoms with Crippen LogP contribution in [-0.4, -0.2) is 93.1 Å². The van der Waals surface area contributed by atoms with Gasteiger partial charge in [0.1, 0.15) is 5.69 Å². The minimum atomic E-state index is -5.08. The van der Waals surface area contributed by atoms with Crippen molar-refractivity contribution < 1.29 is 55.7 Å². The fraction of sp³-hybridized carbons (Fsp3) is 0.243. The molecule has 4 heterocycles. The van der Waals surface area contributed by atoms with Crippen LogP contribution in [0.1, 0.15) is 27.7 Å². The van der Waals surface area contributed by atoms with E-state index in [9.17, 15) is 31.1 Å². The molecule has 18 heteroatoms. The zero-order valence-corrected chi connectivity index (χ0v) is 28.7. The first-order chi connectivity index (χ1) is 26.1.